The van der Waals surface area contributed by atoms with Crippen LogP contribution in [0.25, 0.3) is 0 Å². The van der Waals surface area contributed by atoms with E-state index in [1.165, 1.54) is 109 Å². The van der Waals surface area contributed by atoms with E-state index in [1.807, 2.05) is 6.92 Å². The molecule has 0 saturated carbocycles. The SMILES string of the molecule is CCCCCCCCCCCCCCCC[N+](C)(C)C.Cc1ccc(S(=O)(=O)O)cc1.N. The van der Waals surface area contributed by atoms with Crippen molar-refractivity contribution in [3.05, 3.63) is 29.8 Å². The van der Waals surface area contributed by atoms with Crippen LogP contribution in [0.15, 0.2) is 29.2 Å². The molecule has 0 aliphatic heterocycles. The number of aryl methyl sites for hydroxylation is 1. The molecule has 0 aliphatic rings. The molecule has 6 heteroatoms. The van der Waals surface area contributed by atoms with Gasteiger partial charge in [0.25, 0.3) is 10.1 Å². The van der Waals surface area contributed by atoms with Crippen LogP contribution in [0, 0.1) is 6.92 Å². The first-order chi connectivity index (χ1) is 14.6. The lowest BCUT2D eigenvalue weighted by Crippen LogP contribution is -2.35. The lowest BCUT2D eigenvalue weighted by molar-refractivity contribution is -0.870. The van der Waals surface area contributed by atoms with Gasteiger partial charge in [-0.15, -0.1) is 0 Å². The van der Waals surface area contributed by atoms with Crippen LogP contribution in [0.5, 0.6) is 0 Å². The average molecular weight is 474 g/mol. The molecule has 0 atom stereocenters. The van der Waals surface area contributed by atoms with E-state index in [9.17, 15) is 8.42 Å². The van der Waals surface area contributed by atoms with Crippen LogP contribution < -0.4 is 6.15 Å². The fourth-order valence-electron chi connectivity index (χ4n) is 3.49. The highest BCUT2D eigenvalue weighted by Gasteiger charge is 2.07. The summed E-state index contributed by atoms with van der Waals surface area (Å²) in [6.07, 6.45) is 20.4. The lowest BCUT2D eigenvalue weighted by atomic mass is 10.0. The molecule has 0 unspecified atom stereocenters. The quantitative estimate of drug-likeness (QED) is 0.147. The smallest absolute Gasteiger partial charge is 0.294 e. The Morgan fingerprint density at radius 2 is 1.03 bits per heavy atom. The first kappa shape index (κ1) is 33.2. The van der Waals surface area contributed by atoms with E-state index < -0.39 is 10.1 Å². The van der Waals surface area contributed by atoms with Crippen molar-refractivity contribution < 1.29 is 17.5 Å². The van der Waals surface area contributed by atoms with E-state index in [2.05, 4.69) is 28.1 Å². The molecule has 0 aliphatic carbocycles. The van der Waals surface area contributed by atoms with E-state index >= 15 is 0 Å². The van der Waals surface area contributed by atoms with Gasteiger partial charge in [-0.05, 0) is 31.9 Å². The van der Waals surface area contributed by atoms with Gasteiger partial charge in [-0.1, -0.05) is 102 Å². The molecule has 5 nitrogen and oxygen atoms in total. The summed E-state index contributed by atoms with van der Waals surface area (Å²) in [4.78, 5) is -0.0666. The Morgan fingerprint density at radius 3 is 1.34 bits per heavy atom. The fourth-order valence-corrected chi connectivity index (χ4v) is 3.97. The maximum atomic E-state index is 10.5. The molecule has 4 N–H and O–H groups in total. The van der Waals surface area contributed by atoms with Gasteiger partial charge in [0.1, 0.15) is 0 Å². The van der Waals surface area contributed by atoms with Crippen molar-refractivity contribution in [3.8, 4) is 0 Å². The normalized spacial score (nSPS) is 11.4. The van der Waals surface area contributed by atoms with Crippen LogP contribution in [0.1, 0.15) is 102 Å². The Bertz CT molecular complexity index is 638. The third kappa shape index (κ3) is 22.3. The van der Waals surface area contributed by atoms with Crippen molar-refractivity contribution in [2.45, 2.75) is 109 Å². The zero-order valence-corrected chi connectivity index (χ0v) is 22.6. The minimum absolute atomic E-state index is 0. The molecule has 0 amide bonds. The highest BCUT2D eigenvalue weighted by atomic mass is 32.2. The molecule has 0 heterocycles. The molecule has 1 aromatic rings. The molecule has 0 aromatic heterocycles. The third-order valence-electron chi connectivity index (χ3n) is 5.50. The van der Waals surface area contributed by atoms with Gasteiger partial charge in [0.05, 0.1) is 32.6 Å². The van der Waals surface area contributed by atoms with Crippen LogP contribution in [-0.2, 0) is 10.1 Å². The van der Waals surface area contributed by atoms with Crippen molar-refractivity contribution >= 4 is 10.1 Å². The fraction of sp³-hybridized carbons (Fsp3) is 0.769. The Morgan fingerprint density at radius 1 is 0.688 bits per heavy atom. The minimum Gasteiger partial charge on any atom is -0.344 e. The summed E-state index contributed by atoms with van der Waals surface area (Å²) >= 11 is 0. The molecular weight excluding hydrogens is 420 g/mol. The van der Waals surface area contributed by atoms with Gasteiger partial charge in [-0.25, -0.2) is 0 Å². The Labute approximate surface area is 199 Å². The highest BCUT2D eigenvalue weighted by molar-refractivity contribution is 7.85. The summed E-state index contributed by atoms with van der Waals surface area (Å²) in [5.74, 6) is 0. The van der Waals surface area contributed by atoms with Crippen molar-refractivity contribution in [2.75, 3.05) is 27.7 Å². The Balaban J connectivity index is 0. The minimum atomic E-state index is -4.02. The Kier molecular flexibility index (Phi) is 20.3. The van der Waals surface area contributed by atoms with Crippen molar-refractivity contribution in [2.24, 2.45) is 0 Å². The standard InChI is InChI=1S/C19H42N.C7H8O3S.H3N/c1-5-6-7-8-9-10-11-12-13-14-15-16-17-18-19-20(2,3)4;1-6-2-4-7(5-3-6)11(8,9)10;/h5-19H2,1-4H3;2-5H,1H3,(H,8,9,10);1H3/q+1;;. The van der Waals surface area contributed by atoms with Crippen molar-refractivity contribution in [3.63, 3.8) is 0 Å². The van der Waals surface area contributed by atoms with Gasteiger partial charge in [0.2, 0.25) is 0 Å². The highest BCUT2D eigenvalue weighted by Crippen LogP contribution is 2.13. The first-order valence-corrected chi connectivity index (χ1v) is 13.8. The maximum absolute atomic E-state index is 10.5. The zero-order valence-electron chi connectivity index (χ0n) is 21.7. The van der Waals surface area contributed by atoms with Crippen molar-refractivity contribution in [1.29, 1.82) is 0 Å². The maximum Gasteiger partial charge on any atom is 0.294 e. The van der Waals surface area contributed by atoms with Crippen LogP contribution >= 0.6 is 0 Å². The van der Waals surface area contributed by atoms with E-state index in [0.717, 1.165) is 10.0 Å². The molecule has 0 bridgehead atoms. The average Bonchev–Trinajstić information content (AvgIpc) is 2.67. The van der Waals surface area contributed by atoms with Crippen LogP contribution in [0.3, 0.4) is 0 Å². The van der Waals surface area contributed by atoms with E-state index in [0.29, 0.717) is 0 Å². The predicted octanol–water partition coefficient (Wildman–Crippen LogP) is 7.58. The van der Waals surface area contributed by atoms with E-state index in [-0.39, 0.29) is 11.0 Å². The molecule has 190 valence electrons. The molecule has 32 heavy (non-hydrogen) atoms. The molecule has 0 radical (unpaired) electrons. The van der Waals surface area contributed by atoms with Gasteiger partial charge < -0.3 is 10.6 Å². The monoisotopic (exact) mass is 473 g/mol. The molecule has 0 saturated heterocycles. The van der Waals surface area contributed by atoms with Gasteiger partial charge in [0.15, 0.2) is 0 Å². The number of unbranched alkanes of at least 4 members (excludes halogenated alkanes) is 13. The van der Waals surface area contributed by atoms with Gasteiger partial charge in [0, 0.05) is 0 Å². The molecule has 1 rings (SSSR count). The largest absolute Gasteiger partial charge is 0.344 e. The number of benzene rings is 1. The van der Waals surface area contributed by atoms with Gasteiger partial charge >= 0.3 is 0 Å². The topological polar surface area (TPSA) is 89.4 Å². The summed E-state index contributed by atoms with van der Waals surface area (Å²) in [6.45, 7) is 5.47. The number of nitrogens with zero attached hydrogens (tertiary/aromatic N) is 1. The number of quaternary nitrogens is 1. The van der Waals surface area contributed by atoms with E-state index in [4.69, 9.17) is 4.55 Å². The number of rotatable bonds is 16. The Hall–Kier alpha value is -0.950. The first-order valence-electron chi connectivity index (χ1n) is 12.4. The second-order valence-electron chi connectivity index (χ2n) is 9.90. The molecule has 0 spiro atoms. The number of hydrogen-bond acceptors (Lipinski definition) is 3. The summed E-state index contributed by atoms with van der Waals surface area (Å²) in [5, 5.41) is 0. The van der Waals surface area contributed by atoms with Gasteiger partial charge in [-0.2, -0.15) is 8.42 Å². The summed E-state index contributed by atoms with van der Waals surface area (Å²) in [7, 11) is 2.86. The zero-order chi connectivity index (χ0) is 23.6. The van der Waals surface area contributed by atoms with Gasteiger partial charge in [-0.3, -0.25) is 4.55 Å². The second-order valence-corrected chi connectivity index (χ2v) is 11.3. The van der Waals surface area contributed by atoms with E-state index in [1.54, 1.807) is 12.1 Å². The summed E-state index contributed by atoms with van der Waals surface area (Å²) in [5.41, 5.74) is 0.956. The third-order valence-corrected chi connectivity index (χ3v) is 6.37. The van der Waals surface area contributed by atoms with Crippen LogP contribution in [0.4, 0.5) is 0 Å². The second kappa shape index (κ2) is 19.5. The van der Waals surface area contributed by atoms with Crippen LogP contribution in [0.2, 0.25) is 0 Å². The molecular formula is C26H53N2O3S+. The summed E-state index contributed by atoms with van der Waals surface area (Å²) in [6, 6.07) is 5.99. The van der Waals surface area contributed by atoms with Crippen LogP contribution in [-0.4, -0.2) is 45.1 Å². The molecule has 0 fully saturated rings. The lowest BCUT2D eigenvalue weighted by Gasteiger charge is -2.23. The summed E-state index contributed by atoms with van der Waals surface area (Å²) < 4.78 is 30.7. The number of hydrogen-bond donors (Lipinski definition) is 2. The predicted molar refractivity (Wildman–Crippen MR) is 139 cm³/mol. The molecule has 1 aromatic carbocycles. The van der Waals surface area contributed by atoms with Crippen molar-refractivity contribution in [1.82, 2.24) is 6.15 Å².